The molecule has 0 aromatic carbocycles. The zero-order chi connectivity index (χ0) is 12.5. The number of sulfonamides is 1. The summed E-state index contributed by atoms with van der Waals surface area (Å²) in [6, 6.07) is 0.0299. The molecule has 1 heterocycles. The molecule has 2 rings (SSSR count). The Morgan fingerprint density at radius 3 is 2.41 bits per heavy atom. The van der Waals surface area contributed by atoms with Crippen molar-refractivity contribution in [3.8, 4) is 0 Å². The number of hydrogen-bond acceptors (Lipinski definition) is 3. The Bertz CT molecular complexity index is 351. The zero-order valence-electron chi connectivity index (χ0n) is 9.61. The molecule has 0 bridgehead atoms. The fourth-order valence-corrected chi connectivity index (χ4v) is 3.17. The Labute approximate surface area is 100 Å². The molecule has 1 aliphatic carbocycles. The third-order valence-corrected chi connectivity index (χ3v) is 4.80. The monoisotopic (exact) mass is 268 g/mol. The van der Waals surface area contributed by atoms with Gasteiger partial charge in [-0.05, 0) is 38.1 Å². The van der Waals surface area contributed by atoms with Crippen molar-refractivity contribution < 1.29 is 17.2 Å². The van der Waals surface area contributed by atoms with E-state index < -0.39 is 15.8 Å². The van der Waals surface area contributed by atoms with Gasteiger partial charge in [0.05, 0.1) is 0 Å². The van der Waals surface area contributed by atoms with E-state index in [-0.39, 0.29) is 25.0 Å². The summed E-state index contributed by atoms with van der Waals surface area (Å²) < 4.78 is 49.2. The summed E-state index contributed by atoms with van der Waals surface area (Å²) in [6.07, 6.45) is 3.75. The number of hydrogen-bond donors (Lipinski definition) is 1. The Morgan fingerprint density at radius 2 is 1.94 bits per heavy atom. The average Bonchev–Trinajstić information content (AvgIpc) is 2.92. The van der Waals surface area contributed by atoms with Crippen LogP contribution < -0.4 is 5.32 Å². The van der Waals surface area contributed by atoms with Gasteiger partial charge in [-0.25, -0.2) is 8.42 Å². The average molecular weight is 268 g/mol. The number of halogens is 2. The van der Waals surface area contributed by atoms with Gasteiger partial charge < -0.3 is 5.32 Å². The zero-order valence-corrected chi connectivity index (χ0v) is 10.4. The van der Waals surface area contributed by atoms with Crippen LogP contribution in [-0.4, -0.2) is 44.2 Å². The van der Waals surface area contributed by atoms with Gasteiger partial charge in [0, 0.05) is 19.1 Å². The van der Waals surface area contributed by atoms with E-state index in [4.69, 9.17) is 0 Å². The molecule has 0 amide bonds. The lowest BCUT2D eigenvalue weighted by Crippen LogP contribution is -2.44. The smallest absolute Gasteiger partial charge is 0.313 e. The molecule has 1 aliphatic heterocycles. The quantitative estimate of drug-likeness (QED) is 0.782. The van der Waals surface area contributed by atoms with Gasteiger partial charge in [0.25, 0.3) is 10.0 Å². The van der Waals surface area contributed by atoms with Gasteiger partial charge in [-0.1, -0.05) is 0 Å². The van der Waals surface area contributed by atoms with Crippen LogP contribution in [0.4, 0.5) is 8.78 Å². The van der Waals surface area contributed by atoms with Crippen molar-refractivity contribution in [1.29, 1.82) is 0 Å². The highest BCUT2D eigenvalue weighted by molar-refractivity contribution is 7.89. The van der Waals surface area contributed by atoms with E-state index >= 15 is 0 Å². The summed E-state index contributed by atoms with van der Waals surface area (Å²) in [4.78, 5) is 0. The Hall–Kier alpha value is -0.270. The summed E-state index contributed by atoms with van der Waals surface area (Å²) in [5.74, 6) is -3.02. The number of alkyl halides is 2. The molecule has 1 saturated carbocycles. The van der Waals surface area contributed by atoms with Crippen molar-refractivity contribution >= 4 is 10.0 Å². The predicted octanol–water partition coefficient (Wildman–Crippen LogP) is 1.00. The highest BCUT2D eigenvalue weighted by Gasteiger charge is 2.37. The van der Waals surface area contributed by atoms with Crippen molar-refractivity contribution in [3.63, 3.8) is 0 Å². The first-order chi connectivity index (χ1) is 8.00. The maximum absolute atomic E-state index is 12.6. The molecule has 0 aromatic heterocycles. The van der Waals surface area contributed by atoms with E-state index in [0.29, 0.717) is 0 Å². The van der Waals surface area contributed by atoms with Crippen molar-refractivity contribution in [1.82, 2.24) is 9.62 Å². The largest absolute Gasteiger partial charge is 0.350 e. The van der Waals surface area contributed by atoms with Crippen LogP contribution in [0, 0.1) is 5.92 Å². The molecule has 7 heteroatoms. The van der Waals surface area contributed by atoms with Crippen molar-refractivity contribution in [2.24, 2.45) is 5.92 Å². The normalized spacial score (nSPS) is 26.0. The first-order valence-electron chi connectivity index (χ1n) is 6.00. The standard InChI is InChI=1S/C10H18F2N2O2S/c11-10(12)17(15,16)14(6-8-3-4-8)7-9-2-1-5-13-9/h8-10,13H,1-7H2. The minimum Gasteiger partial charge on any atom is -0.313 e. The van der Waals surface area contributed by atoms with Crippen LogP contribution in [0.5, 0.6) is 0 Å². The Balaban J connectivity index is 2.00. The van der Waals surface area contributed by atoms with Gasteiger partial charge in [0.15, 0.2) is 0 Å². The molecule has 0 spiro atoms. The van der Waals surface area contributed by atoms with E-state index in [9.17, 15) is 17.2 Å². The molecule has 1 N–H and O–H groups in total. The van der Waals surface area contributed by atoms with E-state index in [1.807, 2.05) is 0 Å². The van der Waals surface area contributed by atoms with Gasteiger partial charge in [0.2, 0.25) is 0 Å². The molecule has 17 heavy (non-hydrogen) atoms. The second-order valence-corrected chi connectivity index (χ2v) is 6.76. The molecule has 1 atom stereocenters. The van der Waals surface area contributed by atoms with Crippen LogP contribution in [0.15, 0.2) is 0 Å². The van der Waals surface area contributed by atoms with Crippen molar-refractivity contribution in [2.75, 3.05) is 19.6 Å². The van der Waals surface area contributed by atoms with Crippen LogP contribution in [0.3, 0.4) is 0 Å². The van der Waals surface area contributed by atoms with E-state index in [1.54, 1.807) is 0 Å². The first-order valence-corrected chi connectivity index (χ1v) is 7.51. The summed E-state index contributed by atoms with van der Waals surface area (Å²) in [7, 11) is -4.42. The Kier molecular flexibility index (Phi) is 3.99. The summed E-state index contributed by atoms with van der Waals surface area (Å²) in [5.41, 5.74) is 0. The lowest BCUT2D eigenvalue weighted by atomic mass is 10.2. The van der Waals surface area contributed by atoms with Gasteiger partial charge >= 0.3 is 5.76 Å². The van der Waals surface area contributed by atoms with Crippen LogP contribution in [0.2, 0.25) is 0 Å². The van der Waals surface area contributed by atoms with Crippen LogP contribution in [0.1, 0.15) is 25.7 Å². The first kappa shape index (κ1) is 13.2. The molecule has 2 fully saturated rings. The minimum atomic E-state index is -4.42. The van der Waals surface area contributed by atoms with Crippen molar-refractivity contribution in [3.05, 3.63) is 0 Å². The molecule has 2 aliphatic rings. The second kappa shape index (κ2) is 5.16. The summed E-state index contributed by atoms with van der Waals surface area (Å²) in [6.45, 7) is 1.28. The minimum absolute atomic E-state index is 0.0299. The number of nitrogens with one attached hydrogen (secondary N) is 1. The topological polar surface area (TPSA) is 49.4 Å². The molecule has 0 radical (unpaired) electrons. The van der Waals surface area contributed by atoms with Gasteiger partial charge in [-0.3, -0.25) is 0 Å². The maximum Gasteiger partial charge on any atom is 0.350 e. The highest BCUT2D eigenvalue weighted by Crippen LogP contribution is 2.31. The third kappa shape index (κ3) is 3.35. The molecular formula is C10H18F2N2O2S. The maximum atomic E-state index is 12.6. The van der Waals surface area contributed by atoms with E-state index in [1.165, 1.54) is 0 Å². The SMILES string of the molecule is O=S(=O)(C(F)F)N(CC1CC1)CC1CCCN1. The molecule has 4 nitrogen and oxygen atoms in total. The number of nitrogens with zero attached hydrogens (tertiary/aromatic N) is 1. The molecule has 1 unspecified atom stereocenters. The number of rotatable bonds is 6. The van der Waals surface area contributed by atoms with Crippen LogP contribution in [0.25, 0.3) is 0 Å². The molecule has 1 saturated heterocycles. The van der Waals surface area contributed by atoms with E-state index in [0.717, 1.165) is 36.5 Å². The molecular weight excluding hydrogens is 250 g/mol. The van der Waals surface area contributed by atoms with Crippen molar-refractivity contribution in [2.45, 2.75) is 37.5 Å². The second-order valence-electron chi connectivity index (χ2n) is 4.86. The molecule has 100 valence electrons. The summed E-state index contributed by atoms with van der Waals surface area (Å²) >= 11 is 0. The Morgan fingerprint density at radius 1 is 1.24 bits per heavy atom. The predicted molar refractivity (Wildman–Crippen MR) is 60.2 cm³/mol. The fourth-order valence-electron chi connectivity index (χ4n) is 2.14. The third-order valence-electron chi connectivity index (χ3n) is 3.33. The van der Waals surface area contributed by atoms with Crippen LogP contribution in [-0.2, 0) is 10.0 Å². The van der Waals surface area contributed by atoms with Gasteiger partial charge in [-0.2, -0.15) is 13.1 Å². The molecule has 0 aromatic rings. The summed E-state index contributed by atoms with van der Waals surface area (Å²) in [5, 5.41) is 3.14. The fraction of sp³-hybridized carbons (Fsp3) is 1.00. The van der Waals surface area contributed by atoms with E-state index in [2.05, 4.69) is 5.32 Å². The highest BCUT2D eigenvalue weighted by atomic mass is 32.2. The van der Waals surface area contributed by atoms with Gasteiger partial charge in [-0.15, -0.1) is 0 Å². The van der Waals surface area contributed by atoms with Crippen LogP contribution >= 0.6 is 0 Å². The lowest BCUT2D eigenvalue weighted by molar-refractivity contribution is 0.215. The van der Waals surface area contributed by atoms with Gasteiger partial charge in [0.1, 0.15) is 0 Å². The lowest BCUT2D eigenvalue weighted by Gasteiger charge is -2.24.